The molecule has 1 aromatic heterocycles. The minimum Gasteiger partial charge on any atom is -0.321 e. The monoisotopic (exact) mass is 251 g/mol. The minimum atomic E-state index is -0.280. The minimum absolute atomic E-state index is 0.280. The van der Waals surface area contributed by atoms with Gasteiger partial charge in [-0.05, 0) is 36.2 Å². The Morgan fingerprint density at radius 3 is 2.84 bits per heavy atom. The number of nitrogens with zero attached hydrogens (tertiary/aromatic N) is 2. The SMILES string of the molecule is CCc1cccc(NC(=O)c2ccc(C#N)cn2)c1. The summed E-state index contributed by atoms with van der Waals surface area (Å²) in [5, 5.41) is 11.5. The van der Waals surface area contributed by atoms with E-state index in [9.17, 15) is 4.79 Å². The van der Waals surface area contributed by atoms with E-state index >= 15 is 0 Å². The summed E-state index contributed by atoms with van der Waals surface area (Å²) in [5.74, 6) is -0.280. The van der Waals surface area contributed by atoms with Crippen LogP contribution in [-0.2, 0) is 6.42 Å². The van der Waals surface area contributed by atoms with E-state index in [1.165, 1.54) is 12.3 Å². The molecule has 0 unspecified atom stereocenters. The van der Waals surface area contributed by atoms with Crippen molar-refractivity contribution < 1.29 is 4.79 Å². The highest BCUT2D eigenvalue weighted by atomic mass is 16.1. The molecule has 4 heteroatoms. The molecule has 0 atom stereocenters. The average Bonchev–Trinajstić information content (AvgIpc) is 2.47. The van der Waals surface area contributed by atoms with E-state index in [1.54, 1.807) is 6.07 Å². The van der Waals surface area contributed by atoms with Gasteiger partial charge in [-0.1, -0.05) is 19.1 Å². The van der Waals surface area contributed by atoms with Crippen molar-refractivity contribution >= 4 is 11.6 Å². The van der Waals surface area contributed by atoms with Gasteiger partial charge in [0.15, 0.2) is 0 Å². The molecule has 0 aliphatic rings. The highest BCUT2D eigenvalue weighted by Gasteiger charge is 2.07. The van der Waals surface area contributed by atoms with Crippen molar-refractivity contribution in [1.82, 2.24) is 4.98 Å². The third-order valence-corrected chi connectivity index (χ3v) is 2.72. The largest absolute Gasteiger partial charge is 0.321 e. The Kier molecular flexibility index (Phi) is 3.89. The fourth-order valence-electron chi connectivity index (χ4n) is 1.66. The fourth-order valence-corrected chi connectivity index (χ4v) is 1.66. The van der Waals surface area contributed by atoms with Gasteiger partial charge in [0.1, 0.15) is 11.8 Å². The van der Waals surface area contributed by atoms with E-state index in [2.05, 4.69) is 17.2 Å². The summed E-state index contributed by atoms with van der Waals surface area (Å²) in [6.45, 7) is 2.06. The Labute approximate surface area is 111 Å². The van der Waals surface area contributed by atoms with E-state index in [1.807, 2.05) is 30.3 Å². The first-order valence-electron chi connectivity index (χ1n) is 5.99. The maximum Gasteiger partial charge on any atom is 0.274 e. The van der Waals surface area contributed by atoms with Gasteiger partial charge in [-0.25, -0.2) is 4.98 Å². The van der Waals surface area contributed by atoms with Crippen LogP contribution in [0.25, 0.3) is 0 Å². The number of amides is 1. The number of aryl methyl sites for hydroxylation is 1. The first-order valence-corrected chi connectivity index (χ1v) is 5.99. The standard InChI is InChI=1S/C15H13N3O/c1-2-11-4-3-5-13(8-11)18-15(19)14-7-6-12(9-16)10-17-14/h3-8,10H,2H2,1H3,(H,18,19). The highest BCUT2D eigenvalue weighted by molar-refractivity contribution is 6.02. The number of benzene rings is 1. The van der Waals surface area contributed by atoms with Crippen LogP contribution in [0, 0.1) is 11.3 Å². The van der Waals surface area contributed by atoms with Gasteiger partial charge in [0.25, 0.3) is 5.91 Å². The lowest BCUT2D eigenvalue weighted by Crippen LogP contribution is -2.13. The smallest absolute Gasteiger partial charge is 0.274 e. The number of pyridine rings is 1. The van der Waals surface area contributed by atoms with E-state index in [4.69, 9.17) is 5.26 Å². The third-order valence-electron chi connectivity index (χ3n) is 2.72. The molecule has 0 aliphatic heterocycles. The van der Waals surface area contributed by atoms with Crippen molar-refractivity contribution in [2.45, 2.75) is 13.3 Å². The van der Waals surface area contributed by atoms with E-state index in [0.29, 0.717) is 11.3 Å². The van der Waals surface area contributed by atoms with Crippen LogP contribution in [-0.4, -0.2) is 10.9 Å². The van der Waals surface area contributed by atoms with Crippen LogP contribution in [0.5, 0.6) is 0 Å². The Hall–Kier alpha value is -2.67. The summed E-state index contributed by atoms with van der Waals surface area (Å²) >= 11 is 0. The average molecular weight is 251 g/mol. The molecular formula is C15H13N3O. The molecular weight excluding hydrogens is 238 g/mol. The van der Waals surface area contributed by atoms with Crippen LogP contribution in [0.3, 0.4) is 0 Å². The number of rotatable bonds is 3. The molecule has 4 nitrogen and oxygen atoms in total. The molecule has 0 fully saturated rings. The Bertz CT molecular complexity index is 627. The van der Waals surface area contributed by atoms with Gasteiger partial charge in [-0.3, -0.25) is 4.79 Å². The van der Waals surface area contributed by atoms with Crippen LogP contribution < -0.4 is 5.32 Å². The molecule has 1 heterocycles. The molecule has 2 aromatic rings. The molecule has 1 aromatic carbocycles. The van der Waals surface area contributed by atoms with Crippen molar-refractivity contribution in [3.63, 3.8) is 0 Å². The van der Waals surface area contributed by atoms with Gasteiger partial charge in [-0.2, -0.15) is 5.26 Å². The van der Waals surface area contributed by atoms with Crippen LogP contribution in [0.15, 0.2) is 42.6 Å². The number of anilines is 1. The zero-order valence-electron chi connectivity index (χ0n) is 10.6. The Morgan fingerprint density at radius 2 is 2.21 bits per heavy atom. The molecule has 0 saturated heterocycles. The second-order valence-corrected chi connectivity index (χ2v) is 4.05. The molecule has 94 valence electrons. The number of carbonyl (C=O) groups is 1. The predicted octanol–water partition coefficient (Wildman–Crippen LogP) is 2.77. The first kappa shape index (κ1) is 12.8. The number of nitriles is 1. The third kappa shape index (κ3) is 3.17. The quantitative estimate of drug-likeness (QED) is 0.912. The van der Waals surface area contributed by atoms with Crippen molar-refractivity contribution in [3.05, 3.63) is 59.4 Å². The number of aromatic nitrogens is 1. The normalized spacial score (nSPS) is 9.68. The zero-order chi connectivity index (χ0) is 13.7. The molecule has 0 radical (unpaired) electrons. The second-order valence-electron chi connectivity index (χ2n) is 4.05. The predicted molar refractivity (Wildman–Crippen MR) is 72.7 cm³/mol. The van der Waals surface area contributed by atoms with Crippen LogP contribution >= 0.6 is 0 Å². The Balaban J connectivity index is 2.13. The number of hydrogen-bond acceptors (Lipinski definition) is 3. The molecule has 0 saturated carbocycles. The summed E-state index contributed by atoms with van der Waals surface area (Å²) in [5.41, 5.74) is 2.63. The van der Waals surface area contributed by atoms with Crippen molar-refractivity contribution in [2.24, 2.45) is 0 Å². The summed E-state index contributed by atoms with van der Waals surface area (Å²) in [6, 6.07) is 12.8. The highest BCUT2D eigenvalue weighted by Crippen LogP contribution is 2.12. The molecule has 0 aliphatic carbocycles. The molecule has 0 bridgehead atoms. The van der Waals surface area contributed by atoms with Crippen molar-refractivity contribution in [3.8, 4) is 6.07 Å². The molecule has 1 N–H and O–H groups in total. The topological polar surface area (TPSA) is 65.8 Å². The van der Waals surface area contributed by atoms with Crippen molar-refractivity contribution in [2.75, 3.05) is 5.32 Å². The van der Waals surface area contributed by atoms with E-state index in [-0.39, 0.29) is 5.91 Å². The molecule has 2 rings (SSSR count). The van der Waals surface area contributed by atoms with Gasteiger partial charge in [0, 0.05) is 11.9 Å². The van der Waals surface area contributed by atoms with Gasteiger partial charge in [0.05, 0.1) is 5.56 Å². The van der Waals surface area contributed by atoms with Crippen LogP contribution in [0.4, 0.5) is 5.69 Å². The van der Waals surface area contributed by atoms with Crippen LogP contribution in [0.2, 0.25) is 0 Å². The molecule has 1 amide bonds. The van der Waals surface area contributed by atoms with Crippen molar-refractivity contribution in [1.29, 1.82) is 5.26 Å². The lowest BCUT2D eigenvalue weighted by Gasteiger charge is -2.06. The molecule has 0 spiro atoms. The van der Waals surface area contributed by atoms with E-state index in [0.717, 1.165) is 17.7 Å². The number of hydrogen-bond donors (Lipinski definition) is 1. The van der Waals surface area contributed by atoms with Gasteiger partial charge >= 0.3 is 0 Å². The lowest BCUT2D eigenvalue weighted by atomic mass is 10.1. The maximum atomic E-state index is 12.0. The summed E-state index contributed by atoms with van der Waals surface area (Å²) in [7, 11) is 0. The number of carbonyl (C=O) groups excluding carboxylic acids is 1. The fraction of sp³-hybridized carbons (Fsp3) is 0.133. The summed E-state index contributed by atoms with van der Waals surface area (Å²) in [6.07, 6.45) is 2.30. The first-order chi connectivity index (χ1) is 9.22. The van der Waals surface area contributed by atoms with Crippen LogP contribution in [0.1, 0.15) is 28.5 Å². The van der Waals surface area contributed by atoms with Gasteiger partial charge < -0.3 is 5.32 Å². The van der Waals surface area contributed by atoms with Gasteiger partial charge in [-0.15, -0.1) is 0 Å². The zero-order valence-corrected chi connectivity index (χ0v) is 10.6. The van der Waals surface area contributed by atoms with E-state index < -0.39 is 0 Å². The Morgan fingerprint density at radius 1 is 1.37 bits per heavy atom. The summed E-state index contributed by atoms with van der Waals surface area (Å²) < 4.78 is 0. The number of nitrogens with one attached hydrogen (secondary N) is 1. The summed E-state index contributed by atoms with van der Waals surface area (Å²) in [4.78, 5) is 15.9. The maximum absolute atomic E-state index is 12.0. The molecule has 19 heavy (non-hydrogen) atoms. The van der Waals surface area contributed by atoms with Gasteiger partial charge in [0.2, 0.25) is 0 Å². The lowest BCUT2D eigenvalue weighted by molar-refractivity contribution is 0.102. The second kappa shape index (κ2) is 5.78.